The number of aromatic amines is 1. The first-order chi connectivity index (χ1) is 9.38. The van der Waals surface area contributed by atoms with Gasteiger partial charge in [-0.15, -0.1) is 0 Å². The van der Waals surface area contributed by atoms with E-state index < -0.39 is 5.91 Å². The molecule has 2 N–H and O–H groups in total. The van der Waals surface area contributed by atoms with E-state index in [1.807, 2.05) is 26.0 Å². The normalized spacial score (nSPS) is 10.4. The highest BCUT2D eigenvalue weighted by Crippen LogP contribution is 2.25. The molecule has 0 saturated carbocycles. The van der Waals surface area contributed by atoms with Crippen LogP contribution in [0.25, 0.3) is 0 Å². The summed E-state index contributed by atoms with van der Waals surface area (Å²) in [5.74, 6) is -0.403. The minimum absolute atomic E-state index is 0.109. The molecule has 104 valence electrons. The van der Waals surface area contributed by atoms with Gasteiger partial charge in [-0.3, -0.25) is 9.59 Å². The van der Waals surface area contributed by atoms with Crippen LogP contribution in [0.3, 0.4) is 0 Å². The molecule has 0 aliphatic carbocycles. The van der Waals surface area contributed by atoms with Crippen LogP contribution < -0.4 is 10.9 Å². The Balaban J connectivity index is 2.35. The van der Waals surface area contributed by atoms with Crippen molar-refractivity contribution in [1.82, 2.24) is 4.98 Å². The minimum atomic E-state index is -0.403. The average Bonchev–Trinajstić information content (AvgIpc) is 2.33. The van der Waals surface area contributed by atoms with E-state index in [0.29, 0.717) is 0 Å². The van der Waals surface area contributed by atoms with Crippen molar-refractivity contribution in [2.75, 3.05) is 5.32 Å². The molecule has 1 aromatic heterocycles. The largest absolute Gasteiger partial charge is 0.326 e. The number of nitrogens with one attached hydrogen (secondary N) is 2. The quantitative estimate of drug-likeness (QED) is 0.884. The summed E-state index contributed by atoms with van der Waals surface area (Å²) in [4.78, 5) is 26.6. The maximum Gasteiger partial charge on any atom is 0.261 e. The monoisotopic (exact) mass is 334 g/mol. The highest BCUT2D eigenvalue weighted by Gasteiger charge is 2.13. The Morgan fingerprint density at radius 1 is 1.15 bits per heavy atom. The summed E-state index contributed by atoms with van der Waals surface area (Å²) in [6.45, 7) is 5.59. The third-order valence-electron chi connectivity index (χ3n) is 3.04. The molecule has 0 fully saturated rings. The molecule has 4 nitrogen and oxygen atoms in total. The summed E-state index contributed by atoms with van der Waals surface area (Å²) in [6, 6.07) is 7.08. The van der Waals surface area contributed by atoms with Gasteiger partial charge in [0.25, 0.3) is 11.5 Å². The van der Waals surface area contributed by atoms with E-state index in [1.165, 1.54) is 6.07 Å². The lowest BCUT2D eigenvalue weighted by Gasteiger charge is -2.12. The number of benzene rings is 1. The number of anilines is 1. The third kappa shape index (κ3) is 2.99. The second kappa shape index (κ2) is 5.63. The van der Waals surface area contributed by atoms with Gasteiger partial charge in [-0.1, -0.05) is 15.9 Å². The van der Waals surface area contributed by atoms with Crippen LogP contribution in [0.5, 0.6) is 0 Å². The Hall–Kier alpha value is -1.88. The predicted molar refractivity (Wildman–Crippen MR) is 83.4 cm³/mol. The molecule has 1 aromatic carbocycles. The van der Waals surface area contributed by atoms with E-state index >= 15 is 0 Å². The Kier molecular flexibility index (Phi) is 4.09. The molecule has 2 aromatic rings. The number of hydrogen-bond donors (Lipinski definition) is 2. The first kappa shape index (κ1) is 14.5. The van der Waals surface area contributed by atoms with E-state index in [-0.39, 0.29) is 11.1 Å². The molecule has 0 bridgehead atoms. The summed E-state index contributed by atoms with van der Waals surface area (Å²) >= 11 is 3.41. The predicted octanol–water partition coefficient (Wildman–Crippen LogP) is 3.31. The van der Waals surface area contributed by atoms with Gasteiger partial charge < -0.3 is 10.3 Å². The van der Waals surface area contributed by atoms with E-state index in [1.54, 1.807) is 13.0 Å². The number of halogens is 1. The van der Waals surface area contributed by atoms with Crippen LogP contribution in [0.1, 0.15) is 27.2 Å². The highest BCUT2D eigenvalue weighted by molar-refractivity contribution is 9.10. The fourth-order valence-electron chi connectivity index (χ4n) is 2.04. The van der Waals surface area contributed by atoms with Crippen molar-refractivity contribution in [3.05, 3.63) is 61.5 Å². The SMILES string of the molecule is Cc1ccc(C(=O)Nc2c(C)cc(Br)cc2C)c(=O)[nH]1. The van der Waals surface area contributed by atoms with Crippen LogP contribution in [0.15, 0.2) is 33.5 Å². The molecule has 0 saturated heterocycles. The molecule has 2 rings (SSSR count). The van der Waals surface area contributed by atoms with Crippen LogP contribution in [-0.4, -0.2) is 10.9 Å². The molecular formula is C15H15BrN2O2. The number of aryl methyl sites for hydroxylation is 3. The maximum atomic E-state index is 12.2. The van der Waals surface area contributed by atoms with Crippen LogP contribution in [-0.2, 0) is 0 Å². The van der Waals surface area contributed by atoms with E-state index in [2.05, 4.69) is 26.2 Å². The minimum Gasteiger partial charge on any atom is -0.326 e. The molecule has 0 atom stereocenters. The van der Waals surface area contributed by atoms with Crippen LogP contribution in [0.2, 0.25) is 0 Å². The van der Waals surface area contributed by atoms with Crippen LogP contribution >= 0.6 is 15.9 Å². The molecule has 0 radical (unpaired) electrons. The van der Waals surface area contributed by atoms with Crippen molar-refractivity contribution < 1.29 is 4.79 Å². The number of carbonyl (C=O) groups is 1. The Morgan fingerprint density at radius 2 is 1.75 bits per heavy atom. The molecule has 0 aliphatic rings. The summed E-state index contributed by atoms with van der Waals surface area (Å²) in [6.07, 6.45) is 0. The van der Waals surface area contributed by atoms with Crippen molar-refractivity contribution in [2.45, 2.75) is 20.8 Å². The summed E-state index contributed by atoms with van der Waals surface area (Å²) in [5, 5.41) is 2.80. The van der Waals surface area contributed by atoms with Gasteiger partial charge in [0.05, 0.1) is 0 Å². The molecule has 20 heavy (non-hydrogen) atoms. The molecule has 0 spiro atoms. The van der Waals surface area contributed by atoms with Gasteiger partial charge in [-0.05, 0) is 56.2 Å². The summed E-state index contributed by atoms with van der Waals surface area (Å²) < 4.78 is 0.957. The van der Waals surface area contributed by atoms with Gasteiger partial charge in [0.1, 0.15) is 5.56 Å². The van der Waals surface area contributed by atoms with Gasteiger partial charge in [0.2, 0.25) is 0 Å². The lowest BCUT2D eigenvalue weighted by atomic mass is 10.1. The number of pyridine rings is 1. The molecule has 0 aliphatic heterocycles. The summed E-state index contributed by atoms with van der Waals surface area (Å²) in [7, 11) is 0. The van der Waals surface area contributed by atoms with Crippen LogP contribution in [0.4, 0.5) is 5.69 Å². The van der Waals surface area contributed by atoms with E-state index in [0.717, 1.165) is 27.0 Å². The first-order valence-electron chi connectivity index (χ1n) is 6.16. The summed E-state index contributed by atoms with van der Waals surface area (Å²) in [5.41, 5.74) is 3.07. The molecule has 0 unspecified atom stereocenters. The van der Waals surface area contributed by atoms with Gasteiger partial charge in [0.15, 0.2) is 0 Å². The second-order valence-electron chi connectivity index (χ2n) is 4.75. The fraction of sp³-hybridized carbons (Fsp3) is 0.200. The second-order valence-corrected chi connectivity index (χ2v) is 5.67. The van der Waals surface area contributed by atoms with Gasteiger partial charge in [-0.25, -0.2) is 0 Å². The zero-order valence-corrected chi connectivity index (χ0v) is 13.1. The number of H-pyrrole nitrogens is 1. The Bertz CT molecular complexity index is 712. The maximum absolute atomic E-state index is 12.2. The molecule has 1 heterocycles. The van der Waals surface area contributed by atoms with Crippen molar-refractivity contribution in [2.24, 2.45) is 0 Å². The smallest absolute Gasteiger partial charge is 0.261 e. The zero-order chi connectivity index (χ0) is 14.9. The lowest BCUT2D eigenvalue weighted by Crippen LogP contribution is -2.24. The van der Waals surface area contributed by atoms with Crippen molar-refractivity contribution in [1.29, 1.82) is 0 Å². The fourth-order valence-corrected chi connectivity index (χ4v) is 2.73. The third-order valence-corrected chi connectivity index (χ3v) is 3.49. The van der Waals surface area contributed by atoms with Crippen molar-refractivity contribution in [3.8, 4) is 0 Å². The van der Waals surface area contributed by atoms with Crippen molar-refractivity contribution in [3.63, 3.8) is 0 Å². The number of hydrogen-bond acceptors (Lipinski definition) is 2. The van der Waals surface area contributed by atoms with Gasteiger partial charge >= 0.3 is 0 Å². The Morgan fingerprint density at radius 3 is 2.30 bits per heavy atom. The van der Waals surface area contributed by atoms with Crippen LogP contribution in [0, 0.1) is 20.8 Å². The lowest BCUT2D eigenvalue weighted by molar-refractivity contribution is 0.102. The Labute approximate surface area is 125 Å². The highest BCUT2D eigenvalue weighted by atomic mass is 79.9. The standard InChI is InChI=1S/C15H15BrN2O2/c1-8-6-11(16)7-9(2)13(8)18-15(20)12-5-4-10(3)17-14(12)19/h4-7H,1-3H3,(H,17,19)(H,18,20). The van der Waals surface area contributed by atoms with E-state index in [9.17, 15) is 9.59 Å². The first-order valence-corrected chi connectivity index (χ1v) is 6.96. The number of carbonyl (C=O) groups excluding carboxylic acids is 1. The molecular weight excluding hydrogens is 320 g/mol. The average molecular weight is 335 g/mol. The van der Waals surface area contributed by atoms with Gasteiger partial charge in [-0.2, -0.15) is 0 Å². The number of rotatable bonds is 2. The number of aromatic nitrogens is 1. The van der Waals surface area contributed by atoms with Gasteiger partial charge in [0, 0.05) is 15.9 Å². The van der Waals surface area contributed by atoms with E-state index in [4.69, 9.17) is 0 Å². The topological polar surface area (TPSA) is 62.0 Å². The van der Waals surface area contributed by atoms with Crippen molar-refractivity contribution >= 4 is 27.5 Å². The molecule has 1 amide bonds. The molecule has 5 heteroatoms. The number of amides is 1. The zero-order valence-electron chi connectivity index (χ0n) is 11.5.